The lowest BCUT2D eigenvalue weighted by atomic mass is 10.2. The minimum atomic E-state index is -0.602. The van der Waals surface area contributed by atoms with Crippen LogP contribution in [0.5, 0.6) is 0 Å². The molecule has 0 N–H and O–H groups in total. The zero-order valence-electron chi connectivity index (χ0n) is 16.6. The van der Waals surface area contributed by atoms with E-state index >= 15 is 0 Å². The molecule has 0 atom stereocenters. The van der Waals surface area contributed by atoms with E-state index in [1.54, 1.807) is 57.5 Å². The summed E-state index contributed by atoms with van der Waals surface area (Å²) in [7, 11) is 4.98. The van der Waals surface area contributed by atoms with Gasteiger partial charge < -0.3 is 14.5 Å². The molecule has 0 fully saturated rings. The molecule has 0 unspecified atom stereocenters. The predicted octanol–water partition coefficient (Wildman–Crippen LogP) is 3.34. The summed E-state index contributed by atoms with van der Waals surface area (Å²) in [6, 6.07) is 14.1. The third-order valence-electron chi connectivity index (χ3n) is 4.02. The summed E-state index contributed by atoms with van der Waals surface area (Å²) in [5.74, 6) is -0.782. The number of thioether (sulfide) groups is 1. The Labute approximate surface area is 179 Å². The van der Waals surface area contributed by atoms with Crippen LogP contribution in [0.1, 0.15) is 15.9 Å². The van der Waals surface area contributed by atoms with Gasteiger partial charge in [-0.1, -0.05) is 35.9 Å². The molecular formula is C21H23ClN2O4S. The first-order valence-electron chi connectivity index (χ1n) is 8.85. The van der Waals surface area contributed by atoms with Crippen LogP contribution >= 0.6 is 23.4 Å². The lowest BCUT2D eigenvalue weighted by molar-refractivity contribution is -0.133. The van der Waals surface area contributed by atoms with E-state index in [1.807, 2.05) is 12.1 Å². The van der Waals surface area contributed by atoms with Gasteiger partial charge in [-0.15, -0.1) is 11.8 Å². The molecule has 2 rings (SSSR count). The van der Waals surface area contributed by atoms with Crippen LogP contribution in [-0.2, 0) is 20.9 Å². The molecular weight excluding hydrogens is 412 g/mol. The first-order valence-corrected chi connectivity index (χ1v) is 10.2. The van der Waals surface area contributed by atoms with Crippen LogP contribution in [0.4, 0.5) is 0 Å². The van der Waals surface area contributed by atoms with Crippen LogP contribution in [0.3, 0.4) is 0 Å². The lowest BCUT2D eigenvalue weighted by Crippen LogP contribution is -2.30. The molecule has 0 aliphatic rings. The zero-order chi connectivity index (χ0) is 21.4. The fraction of sp³-hybridized carbons (Fsp3) is 0.286. The second-order valence-corrected chi connectivity index (χ2v) is 7.98. The SMILES string of the molecule is CN(C)C(=O)CSc1ccccc1C(=O)OCC(=O)N(C)Cc1cccc(Cl)c1. The van der Waals surface area contributed by atoms with E-state index in [9.17, 15) is 14.4 Å². The number of nitrogens with zero attached hydrogens (tertiary/aromatic N) is 2. The van der Waals surface area contributed by atoms with Crippen molar-refractivity contribution in [2.45, 2.75) is 11.4 Å². The van der Waals surface area contributed by atoms with E-state index in [-0.39, 0.29) is 24.2 Å². The van der Waals surface area contributed by atoms with Crippen molar-refractivity contribution in [1.29, 1.82) is 0 Å². The molecule has 0 radical (unpaired) electrons. The fourth-order valence-corrected chi connectivity index (χ4v) is 3.57. The highest BCUT2D eigenvalue weighted by atomic mass is 35.5. The molecule has 0 heterocycles. The topological polar surface area (TPSA) is 66.9 Å². The van der Waals surface area contributed by atoms with E-state index in [0.717, 1.165) is 5.56 Å². The van der Waals surface area contributed by atoms with Crippen molar-refractivity contribution in [1.82, 2.24) is 9.80 Å². The van der Waals surface area contributed by atoms with Crippen LogP contribution < -0.4 is 0 Å². The summed E-state index contributed by atoms with van der Waals surface area (Å²) in [5, 5.41) is 0.594. The Morgan fingerprint density at radius 3 is 2.41 bits per heavy atom. The molecule has 0 spiro atoms. The maximum absolute atomic E-state index is 12.5. The number of likely N-dealkylation sites (N-methyl/N-ethyl adjacent to an activating group) is 1. The first kappa shape index (κ1) is 22.8. The number of halogens is 1. The minimum absolute atomic E-state index is 0.0593. The van der Waals surface area contributed by atoms with E-state index in [1.165, 1.54) is 21.6 Å². The maximum atomic E-state index is 12.5. The van der Waals surface area contributed by atoms with Gasteiger partial charge in [-0.25, -0.2) is 4.79 Å². The molecule has 154 valence electrons. The summed E-state index contributed by atoms with van der Waals surface area (Å²) in [5.41, 5.74) is 1.21. The summed E-state index contributed by atoms with van der Waals surface area (Å²) >= 11 is 7.21. The predicted molar refractivity (Wildman–Crippen MR) is 114 cm³/mol. The van der Waals surface area contributed by atoms with E-state index in [0.29, 0.717) is 22.0 Å². The van der Waals surface area contributed by atoms with Gasteiger partial charge >= 0.3 is 5.97 Å². The molecule has 8 heteroatoms. The lowest BCUT2D eigenvalue weighted by Gasteiger charge is -2.17. The van der Waals surface area contributed by atoms with Gasteiger partial charge in [0, 0.05) is 37.6 Å². The second-order valence-electron chi connectivity index (χ2n) is 6.53. The van der Waals surface area contributed by atoms with Crippen molar-refractivity contribution < 1.29 is 19.1 Å². The molecule has 2 aromatic rings. The molecule has 29 heavy (non-hydrogen) atoms. The van der Waals surface area contributed by atoms with Crippen molar-refractivity contribution in [2.24, 2.45) is 0 Å². The molecule has 0 aliphatic heterocycles. The summed E-state index contributed by atoms with van der Waals surface area (Å²) in [6.07, 6.45) is 0. The number of benzene rings is 2. The van der Waals surface area contributed by atoms with Crippen LogP contribution in [-0.4, -0.2) is 61.1 Å². The number of rotatable bonds is 8. The summed E-state index contributed by atoms with van der Waals surface area (Å²) in [4.78, 5) is 40.1. The first-order chi connectivity index (χ1) is 13.8. The largest absolute Gasteiger partial charge is 0.452 e. The zero-order valence-corrected chi connectivity index (χ0v) is 18.1. The van der Waals surface area contributed by atoms with Gasteiger partial charge in [-0.05, 0) is 29.8 Å². The normalized spacial score (nSPS) is 10.3. The number of ether oxygens (including phenoxy) is 1. The number of hydrogen-bond donors (Lipinski definition) is 0. The van der Waals surface area contributed by atoms with Crippen LogP contribution in [0, 0.1) is 0 Å². The van der Waals surface area contributed by atoms with Gasteiger partial charge in [-0.2, -0.15) is 0 Å². The van der Waals surface area contributed by atoms with Gasteiger partial charge in [-0.3, -0.25) is 9.59 Å². The Balaban J connectivity index is 1.93. The molecule has 0 saturated heterocycles. The molecule has 0 saturated carbocycles. The van der Waals surface area contributed by atoms with Crippen molar-refractivity contribution in [3.8, 4) is 0 Å². The third kappa shape index (κ3) is 7.11. The molecule has 2 amide bonds. The van der Waals surface area contributed by atoms with Crippen LogP contribution in [0.2, 0.25) is 5.02 Å². The standard InChI is InChI=1S/C21H23ClN2O4S/c1-23(2)20(26)14-29-18-10-5-4-9-17(18)21(27)28-13-19(25)24(3)12-15-7-6-8-16(22)11-15/h4-11H,12-14H2,1-3H3. The molecule has 6 nitrogen and oxygen atoms in total. The van der Waals surface area contributed by atoms with Crippen molar-refractivity contribution >= 4 is 41.1 Å². The molecule has 0 aromatic heterocycles. The van der Waals surface area contributed by atoms with Gasteiger partial charge in [0.25, 0.3) is 5.91 Å². The van der Waals surface area contributed by atoms with Crippen molar-refractivity contribution in [3.63, 3.8) is 0 Å². The Morgan fingerprint density at radius 1 is 1.00 bits per heavy atom. The van der Waals surface area contributed by atoms with Crippen LogP contribution in [0.15, 0.2) is 53.4 Å². The number of hydrogen-bond acceptors (Lipinski definition) is 5. The smallest absolute Gasteiger partial charge is 0.339 e. The van der Waals surface area contributed by atoms with Crippen molar-refractivity contribution in [3.05, 3.63) is 64.7 Å². The third-order valence-corrected chi connectivity index (χ3v) is 5.31. The molecule has 2 aromatic carbocycles. The second kappa shape index (κ2) is 10.9. The van der Waals surface area contributed by atoms with Gasteiger partial charge in [0.1, 0.15) is 0 Å². The number of carbonyl (C=O) groups is 3. The Bertz CT molecular complexity index is 888. The van der Waals surface area contributed by atoms with Crippen LogP contribution in [0.25, 0.3) is 0 Å². The summed E-state index contributed by atoms with van der Waals surface area (Å²) in [6.45, 7) is -0.0123. The van der Waals surface area contributed by atoms with E-state index in [4.69, 9.17) is 16.3 Å². The molecule has 0 bridgehead atoms. The average Bonchev–Trinajstić information content (AvgIpc) is 2.70. The number of esters is 1. The van der Waals surface area contributed by atoms with E-state index < -0.39 is 5.97 Å². The van der Waals surface area contributed by atoms with Gasteiger partial charge in [0.2, 0.25) is 5.91 Å². The van der Waals surface area contributed by atoms with Crippen molar-refractivity contribution in [2.75, 3.05) is 33.5 Å². The number of carbonyl (C=O) groups excluding carboxylic acids is 3. The van der Waals surface area contributed by atoms with E-state index in [2.05, 4.69) is 0 Å². The maximum Gasteiger partial charge on any atom is 0.339 e. The van der Waals surface area contributed by atoms with Gasteiger partial charge in [0.05, 0.1) is 11.3 Å². The summed E-state index contributed by atoms with van der Waals surface area (Å²) < 4.78 is 5.20. The quantitative estimate of drug-likeness (QED) is 0.471. The Hall–Kier alpha value is -2.51. The molecule has 0 aliphatic carbocycles. The highest BCUT2D eigenvalue weighted by molar-refractivity contribution is 8.00. The monoisotopic (exact) mass is 434 g/mol. The number of amides is 2. The Kier molecular flexibility index (Phi) is 8.54. The minimum Gasteiger partial charge on any atom is -0.452 e. The average molecular weight is 435 g/mol. The van der Waals surface area contributed by atoms with Gasteiger partial charge in [0.15, 0.2) is 6.61 Å². The fourth-order valence-electron chi connectivity index (χ4n) is 2.34. The Morgan fingerprint density at radius 2 is 1.72 bits per heavy atom. The highest BCUT2D eigenvalue weighted by Crippen LogP contribution is 2.23. The highest BCUT2D eigenvalue weighted by Gasteiger charge is 2.17.